The molecule has 0 saturated heterocycles. The van der Waals surface area contributed by atoms with E-state index in [0.29, 0.717) is 19.4 Å². The van der Waals surface area contributed by atoms with E-state index in [2.05, 4.69) is 41.8 Å². The first-order chi connectivity index (χ1) is 21.5. The Bertz CT molecular complexity index is 1100. The highest BCUT2D eigenvalue weighted by Crippen LogP contribution is 2.44. The fraction of sp³-hybridized carbons (Fsp3) is 0.605. The smallest absolute Gasteiger partial charge is 0.407 e. The Labute approximate surface area is 266 Å². The lowest BCUT2D eigenvalue weighted by molar-refractivity contribution is -0.121. The van der Waals surface area contributed by atoms with Crippen molar-refractivity contribution >= 4 is 17.8 Å². The number of ketones is 1. The Morgan fingerprint density at radius 2 is 1.23 bits per heavy atom. The number of Topliss-reactive ketones (excluding diaryl/α,β-unsaturated/α-hetero) is 1. The Kier molecular flexibility index (Phi) is 16.7. The molecule has 0 aliphatic heterocycles. The van der Waals surface area contributed by atoms with Crippen molar-refractivity contribution in [2.45, 2.75) is 135 Å². The normalized spacial score (nSPS) is 12.8. The molecule has 0 bridgehead atoms. The van der Waals surface area contributed by atoms with Gasteiger partial charge in [0.25, 0.3) is 0 Å². The molecule has 242 valence electrons. The average Bonchev–Trinajstić information content (AvgIpc) is 3.35. The molecule has 2 aromatic rings. The minimum absolute atomic E-state index is 0.0211. The second-order valence-corrected chi connectivity index (χ2v) is 12.5. The molecule has 2 aromatic carbocycles. The van der Waals surface area contributed by atoms with Crippen molar-refractivity contribution in [3.05, 3.63) is 59.7 Å². The third-order valence-electron chi connectivity index (χ3n) is 8.88. The van der Waals surface area contributed by atoms with Crippen molar-refractivity contribution in [2.24, 2.45) is 0 Å². The molecule has 0 unspecified atom stereocenters. The summed E-state index contributed by atoms with van der Waals surface area (Å²) in [6.07, 6.45) is 18.9. The van der Waals surface area contributed by atoms with E-state index in [-0.39, 0.29) is 24.2 Å². The molecule has 6 heteroatoms. The van der Waals surface area contributed by atoms with Gasteiger partial charge in [-0.3, -0.25) is 9.59 Å². The molecule has 44 heavy (non-hydrogen) atoms. The molecule has 0 spiro atoms. The lowest BCUT2D eigenvalue weighted by Crippen LogP contribution is -2.40. The highest BCUT2D eigenvalue weighted by atomic mass is 16.5. The van der Waals surface area contributed by atoms with E-state index < -0.39 is 12.1 Å². The molecule has 1 aliphatic rings. The SMILES string of the molecule is CCCCCCCCCCCCCCCC(=O)NCCCC[C@H](NC(=O)OCC1c2ccccc2-c2ccccc21)C(C)=O. The van der Waals surface area contributed by atoms with Crippen molar-refractivity contribution < 1.29 is 19.1 Å². The van der Waals surface area contributed by atoms with E-state index in [1.54, 1.807) is 0 Å². The zero-order chi connectivity index (χ0) is 31.4. The lowest BCUT2D eigenvalue weighted by Gasteiger charge is -2.18. The predicted octanol–water partition coefficient (Wildman–Crippen LogP) is 9.25. The van der Waals surface area contributed by atoms with Gasteiger partial charge in [0.1, 0.15) is 6.61 Å². The monoisotopic (exact) mass is 604 g/mol. The molecule has 1 aliphatic carbocycles. The van der Waals surface area contributed by atoms with Crippen molar-refractivity contribution in [2.75, 3.05) is 13.2 Å². The first-order valence-corrected chi connectivity index (χ1v) is 17.4. The summed E-state index contributed by atoms with van der Waals surface area (Å²) in [7, 11) is 0. The molecule has 0 fully saturated rings. The van der Waals surface area contributed by atoms with Gasteiger partial charge in [-0.15, -0.1) is 0 Å². The maximum Gasteiger partial charge on any atom is 0.407 e. The second kappa shape index (κ2) is 20.7. The van der Waals surface area contributed by atoms with E-state index in [0.717, 1.165) is 36.8 Å². The number of carbonyl (C=O) groups is 3. The number of alkyl carbamates (subject to hydrolysis) is 1. The third-order valence-corrected chi connectivity index (χ3v) is 8.88. The number of benzene rings is 2. The summed E-state index contributed by atoms with van der Waals surface area (Å²) < 4.78 is 5.62. The van der Waals surface area contributed by atoms with Gasteiger partial charge >= 0.3 is 6.09 Å². The molecule has 0 radical (unpaired) electrons. The summed E-state index contributed by atoms with van der Waals surface area (Å²) >= 11 is 0. The van der Waals surface area contributed by atoms with E-state index in [9.17, 15) is 14.4 Å². The van der Waals surface area contributed by atoms with Crippen molar-refractivity contribution in [3.63, 3.8) is 0 Å². The van der Waals surface area contributed by atoms with Gasteiger partial charge in [-0.1, -0.05) is 133 Å². The number of hydrogen-bond acceptors (Lipinski definition) is 4. The molecule has 0 saturated carbocycles. The Morgan fingerprint density at radius 3 is 1.77 bits per heavy atom. The first-order valence-electron chi connectivity index (χ1n) is 17.4. The van der Waals surface area contributed by atoms with Crippen LogP contribution in [0.15, 0.2) is 48.5 Å². The Balaban J connectivity index is 1.21. The summed E-state index contributed by atoms with van der Waals surface area (Å²) in [5, 5.41) is 5.76. The second-order valence-electron chi connectivity index (χ2n) is 12.5. The van der Waals surface area contributed by atoms with Crippen LogP contribution in [0.3, 0.4) is 0 Å². The number of amides is 2. The van der Waals surface area contributed by atoms with Crippen LogP contribution in [0, 0.1) is 0 Å². The summed E-state index contributed by atoms with van der Waals surface area (Å²) in [5.41, 5.74) is 4.66. The van der Waals surface area contributed by atoms with Gasteiger partial charge in [-0.05, 0) is 54.9 Å². The zero-order valence-electron chi connectivity index (χ0n) is 27.3. The van der Waals surface area contributed by atoms with E-state index in [4.69, 9.17) is 4.74 Å². The van der Waals surface area contributed by atoms with Gasteiger partial charge in [-0.2, -0.15) is 0 Å². The molecule has 0 heterocycles. The van der Waals surface area contributed by atoms with E-state index in [1.165, 1.54) is 88.7 Å². The van der Waals surface area contributed by atoms with Crippen LogP contribution in [0.25, 0.3) is 11.1 Å². The molecular weight excluding hydrogens is 548 g/mol. The minimum Gasteiger partial charge on any atom is -0.449 e. The van der Waals surface area contributed by atoms with Gasteiger partial charge in [-0.25, -0.2) is 4.79 Å². The summed E-state index contributed by atoms with van der Waals surface area (Å²) in [5.74, 6) is -0.00911. The Morgan fingerprint density at radius 1 is 0.705 bits per heavy atom. The lowest BCUT2D eigenvalue weighted by atomic mass is 9.98. The standard InChI is InChI=1S/C38H56N2O4/c1-3-4-5-6-7-8-9-10-11-12-13-14-15-27-37(42)39-28-21-20-26-36(30(2)41)40-38(43)44-29-35-33-24-18-16-22-31(33)32-23-17-19-25-34(32)35/h16-19,22-25,35-36H,3-15,20-21,26-29H2,1-2H3,(H,39,42)(H,40,43)/t36-/m0/s1. The van der Waals surface area contributed by atoms with Gasteiger partial charge in [0.2, 0.25) is 5.91 Å². The summed E-state index contributed by atoms with van der Waals surface area (Å²) in [6, 6.07) is 15.8. The van der Waals surface area contributed by atoms with Crippen LogP contribution in [0.5, 0.6) is 0 Å². The predicted molar refractivity (Wildman–Crippen MR) is 180 cm³/mol. The van der Waals surface area contributed by atoms with Gasteiger partial charge in [0, 0.05) is 18.9 Å². The van der Waals surface area contributed by atoms with Crippen LogP contribution >= 0.6 is 0 Å². The first kappa shape index (κ1) is 35.3. The maximum absolute atomic E-state index is 12.6. The largest absolute Gasteiger partial charge is 0.449 e. The van der Waals surface area contributed by atoms with Crippen LogP contribution in [0.2, 0.25) is 0 Å². The fourth-order valence-corrected chi connectivity index (χ4v) is 6.25. The molecule has 3 rings (SSSR count). The van der Waals surface area contributed by atoms with Crippen LogP contribution < -0.4 is 10.6 Å². The van der Waals surface area contributed by atoms with E-state index >= 15 is 0 Å². The maximum atomic E-state index is 12.6. The zero-order valence-corrected chi connectivity index (χ0v) is 27.3. The quantitative estimate of drug-likeness (QED) is 0.124. The highest BCUT2D eigenvalue weighted by Gasteiger charge is 2.29. The number of nitrogens with one attached hydrogen (secondary N) is 2. The van der Waals surface area contributed by atoms with Gasteiger partial charge < -0.3 is 15.4 Å². The number of ether oxygens (including phenoxy) is 1. The van der Waals surface area contributed by atoms with Crippen LogP contribution in [-0.2, 0) is 14.3 Å². The minimum atomic E-state index is -0.591. The third kappa shape index (κ3) is 12.5. The number of hydrogen-bond donors (Lipinski definition) is 2. The molecule has 2 amide bonds. The number of carbonyl (C=O) groups excluding carboxylic acids is 3. The van der Waals surface area contributed by atoms with Crippen molar-refractivity contribution in [1.29, 1.82) is 0 Å². The number of rotatable bonds is 23. The van der Waals surface area contributed by atoms with Crippen LogP contribution in [0.4, 0.5) is 4.79 Å². The van der Waals surface area contributed by atoms with Crippen LogP contribution in [-0.4, -0.2) is 37.0 Å². The van der Waals surface area contributed by atoms with Crippen LogP contribution in [0.1, 0.15) is 140 Å². The van der Waals surface area contributed by atoms with Crippen molar-refractivity contribution in [3.8, 4) is 11.1 Å². The molecule has 0 aromatic heterocycles. The van der Waals surface area contributed by atoms with Crippen molar-refractivity contribution in [1.82, 2.24) is 10.6 Å². The molecular formula is C38H56N2O4. The fourth-order valence-electron chi connectivity index (χ4n) is 6.25. The van der Waals surface area contributed by atoms with Gasteiger partial charge in [0.15, 0.2) is 5.78 Å². The summed E-state index contributed by atoms with van der Waals surface area (Å²) in [4.78, 5) is 37.0. The number of unbranched alkanes of at least 4 members (excludes halogenated alkanes) is 13. The number of fused-ring (bicyclic) bond motifs is 3. The molecule has 1 atom stereocenters. The highest BCUT2D eigenvalue weighted by molar-refractivity contribution is 5.85. The molecule has 6 nitrogen and oxygen atoms in total. The Hall–Kier alpha value is -3.15. The van der Waals surface area contributed by atoms with E-state index in [1.807, 2.05) is 24.3 Å². The average molecular weight is 605 g/mol. The topological polar surface area (TPSA) is 84.5 Å². The summed E-state index contributed by atoms with van der Waals surface area (Å²) in [6.45, 7) is 4.56. The molecule has 2 N–H and O–H groups in total. The van der Waals surface area contributed by atoms with Gasteiger partial charge in [0.05, 0.1) is 6.04 Å².